The van der Waals surface area contributed by atoms with Crippen molar-refractivity contribution in [1.82, 2.24) is 0 Å². The Morgan fingerprint density at radius 3 is 2.47 bits per heavy atom. The zero-order valence-electron chi connectivity index (χ0n) is 10.5. The summed E-state index contributed by atoms with van der Waals surface area (Å²) in [6.45, 7) is 3.78. The van der Waals surface area contributed by atoms with E-state index in [0.29, 0.717) is 12.8 Å². The molecule has 1 rings (SSSR count). The van der Waals surface area contributed by atoms with Crippen molar-refractivity contribution in [3.8, 4) is 0 Å². The fourth-order valence-corrected chi connectivity index (χ4v) is 1.79. The topological polar surface area (TPSA) is 43.4 Å². The van der Waals surface area contributed by atoms with E-state index in [1.54, 1.807) is 0 Å². The van der Waals surface area contributed by atoms with E-state index in [-0.39, 0.29) is 5.78 Å². The van der Waals surface area contributed by atoms with Crippen LogP contribution in [0.4, 0.5) is 0 Å². The molecule has 3 nitrogen and oxygen atoms in total. The molecule has 0 spiro atoms. The summed E-state index contributed by atoms with van der Waals surface area (Å²) in [4.78, 5) is 23.4. The summed E-state index contributed by atoms with van der Waals surface area (Å²) in [5, 5.41) is 0. The molecule has 1 aromatic rings. The van der Waals surface area contributed by atoms with Gasteiger partial charge in [0.1, 0.15) is 5.92 Å². The van der Waals surface area contributed by atoms with Crippen LogP contribution in [0.5, 0.6) is 0 Å². The Hall–Kier alpha value is -1.64. The number of carbonyl (C=O) groups excluding carboxylic acids is 2. The number of rotatable bonds is 5. The van der Waals surface area contributed by atoms with Gasteiger partial charge in [0.25, 0.3) is 0 Å². The minimum atomic E-state index is -0.639. The number of benzene rings is 1. The standard InChI is InChI=1S/C14H18O3/c1-4-12(14(16)17-3)13(15)9-11-8-6-5-7-10(11)2/h5-8,12H,4,9H2,1-3H3. The fourth-order valence-electron chi connectivity index (χ4n) is 1.79. The Kier molecular flexibility index (Phi) is 4.88. The van der Waals surface area contributed by atoms with E-state index in [9.17, 15) is 9.59 Å². The number of hydrogen-bond acceptors (Lipinski definition) is 3. The predicted octanol–water partition coefficient (Wildman–Crippen LogP) is 2.31. The first kappa shape index (κ1) is 13.4. The number of ketones is 1. The molecular formula is C14H18O3. The van der Waals surface area contributed by atoms with Crippen LogP contribution in [0.3, 0.4) is 0 Å². The van der Waals surface area contributed by atoms with Crippen molar-refractivity contribution in [3.63, 3.8) is 0 Å². The third kappa shape index (κ3) is 3.41. The number of Topliss-reactive ketones (excluding diaryl/α,β-unsaturated/α-hetero) is 1. The number of aryl methyl sites for hydroxylation is 1. The van der Waals surface area contributed by atoms with Gasteiger partial charge in [-0.3, -0.25) is 9.59 Å². The lowest BCUT2D eigenvalue weighted by molar-refractivity contribution is -0.149. The first-order chi connectivity index (χ1) is 8.10. The number of methoxy groups -OCH3 is 1. The molecule has 0 radical (unpaired) electrons. The molecule has 0 aliphatic carbocycles. The Labute approximate surface area is 102 Å². The monoisotopic (exact) mass is 234 g/mol. The maximum absolute atomic E-state index is 12.0. The normalized spacial score (nSPS) is 11.9. The molecule has 0 saturated heterocycles. The highest BCUT2D eigenvalue weighted by Crippen LogP contribution is 2.14. The predicted molar refractivity (Wildman–Crippen MR) is 65.7 cm³/mol. The zero-order valence-corrected chi connectivity index (χ0v) is 10.5. The van der Waals surface area contributed by atoms with Crippen molar-refractivity contribution in [2.45, 2.75) is 26.7 Å². The third-order valence-electron chi connectivity index (χ3n) is 2.91. The molecule has 0 bridgehead atoms. The Morgan fingerprint density at radius 2 is 1.94 bits per heavy atom. The van der Waals surface area contributed by atoms with Gasteiger partial charge in [0.15, 0.2) is 5.78 Å². The molecule has 1 aromatic carbocycles. The Balaban J connectivity index is 2.78. The summed E-state index contributed by atoms with van der Waals surface area (Å²) in [7, 11) is 1.31. The second-order valence-electron chi connectivity index (χ2n) is 4.05. The molecule has 0 aromatic heterocycles. The molecule has 17 heavy (non-hydrogen) atoms. The largest absolute Gasteiger partial charge is 0.468 e. The zero-order chi connectivity index (χ0) is 12.8. The highest BCUT2D eigenvalue weighted by atomic mass is 16.5. The quantitative estimate of drug-likeness (QED) is 0.580. The number of ether oxygens (including phenoxy) is 1. The van der Waals surface area contributed by atoms with Crippen LogP contribution >= 0.6 is 0 Å². The SMILES string of the molecule is CCC(C(=O)Cc1ccccc1C)C(=O)OC. The number of carbonyl (C=O) groups is 2. The van der Waals surface area contributed by atoms with Crippen molar-refractivity contribution in [3.05, 3.63) is 35.4 Å². The van der Waals surface area contributed by atoms with Crippen LogP contribution in [0.15, 0.2) is 24.3 Å². The van der Waals surface area contributed by atoms with Crippen LogP contribution in [-0.2, 0) is 20.7 Å². The number of hydrogen-bond donors (Lipinski definition) is 0. The maximum atomic E-state index is 12.0. The van der Waals surface area contributed by atoms with Gasteiger partial charge >= 0.3 is 5.97 Å². The molecule has 1 unspecified atom stereocenters. The van der Waals surface area contributed by atoms with Gasteiger partial charge in [0.05, 0.1) is 7.11 Å². The summed E-state index contributed by atoms with van der Waals surface area (Å²) in [5.41, 5.74) is 2.04. The molecule has 0 N–H and O–H groups in total. The lowest BCUT2D eigenvalue weighted by atomic mass is 9.94. The minimum absolute atomic E-state index is 0.0753. The summed E-state index contributed by atoms with van der Waals surface area (Å²) in [6.07, 6.45) is 0.775. The average Bonchev–Trinajstić information content (AvgIpc) is 2.32. The Morgan fingerprint density at radius 1 is 1.29 bits per heavy atom. The smallest absolute Gasteiger partial charge is 0.316 e. The molecular weight excluding hydrogens is 216 g/mol. The van der Waals surface area contributed by atoms with Crippen LogP contribution in [-0.4, -0.2) is 18.9 Å². The van der Waals surface area contributed by atoms with Crippen LogP contribution in [0, 0.1) is 12.8 Å². The summed E-state index contributed by atoms with van der Waals surface area (Å²) in [6, 6.07) is 7.70. The van der Waals surface area contributed by atoms with Gasteiger partial charge in [-0.2, -0.15) is 0 Å². The first-order valence-corrected chi connectivity index (χ1v) is 5.75. The molecule has 0 saturated carbocycles. The number of esters is 1. The van der Waals surface area contributed by atoms with Crippen LogP contribution in [0.25, 0.3) is 0 Å². The van der Waals surface area contributed by atoms with Crippen LogP contribution in [0.2, 0.25) is 0 Å². The second kappa shape index (κ2) is 6.18. The van der Waals surface area contributed by atoms with Crippen molar-refractivity contribution in [1.29, 1.82) is 0 Å². The molecule has 3 heteroatoms. The summed E-state index contributed by atoms with van der Waals surface area (Å²) >= 11 is 0. The first-order valence-electron chi connectivity index (χ1n) is 5.75. The lowest BCUT2D eigenvalue weighted by Gasteiger charge is -2.12. The summed E-state index contributed by atoms with van der Waals surface area (Å²) in [5.74, 6) is -1.15. The van der Waals surface area contributed by atoms with E-state index < -0.39 is 11.9 Å². The second-order valence-corrected chi connectivity index (χ2v) is 4.05. The van der Waals surface area contributed by atoms with Crippen LogP contribution in [0.1, 0.15) is 24.5 Å². The fraction of sp³-hybridized carbons (Fsp3) is 0.429. The van der Waals surface area contributed by atoms with E-state index in [1.165, 1.54) is 7.11 Å². The van der Waals surface area contributed by atoms with Gasteiger partial charge in [-0.15, -0.1) is 0 Å². The van der Waals surface area contributed by atoms with Gasteiger partial charge in [-0.05, 0) is 24.5 Å². The molecule has 0 aliphatic heterocycles. The van der Waals surface area contributed by atoms with Crippen molar-refractivity contribution >= 4 is 11.8 Å². The molecule has 0 amide bonds. The molecule has 92 valence electrons. The van der Waals surface area contributed by atoms with E-state index >= 15 is 0 Å². The van der Waals surface area contributed by atoms with Gasteiger partial charge in [-0.1, -0.05) is 31.2 Å². The van der Waals surface area contributed by atoms with Crippen molar-refractivity contribution in [2.75, 3.05) is 7.11 Å². The van der Waals surface area contributed by atoms with E-state index in [0.717, 1.165) is 11.1 Å². The summed E-state index contributed by atoms with van der Waals surface area (Å²) < 4.78 is 4.63. The highest BCUT2D eigenvalue weighted by Gasteiger charge is 2.25. The van der Waals surface area contributed by atoms with Crippen molar-refractivity contribution < 1.29 is 14.3 Å². The third-order valence-corrected chi connectivity index (χ3v) is 2.91. The van der Waals surface area contributed by atoms with Gasteiger partial charge < -0.3 is 4.74 Å². The van der Waals surface area contributed by atoms with Crippen molar-refractivity contribution in [2.24, 2.45) is 5.92 Å². The molecule has 0 heterocycles. The molecule has 0 aliphatic rings. The molecule has 0 fully saturated rings. The van der Waals surface area contributed by atoms with E-state index in [2.05, 4.69) is 4.74 Å². The average molecular weight is 234 g/mol. The minimum Gasteiger partial charge on any atom is -0.468 e. The molecule has 1 atom stereocenters. The van der Waals surface area contributed by atoms with Gasteiger partial charge in [0, 0.05) is 6.42 Å². The Bertz CT molecular complexity index is 410. The highest BCUT2D eigenvalue weighted by molar-refractivity contribution is 5.99. The van der Waals surface area contributed by atoms with E-state index in [4.69, 9.17) is 0 Å². The van der Waals surface area contributed by atoms with Gasteiger partial charge in [0.2, 0.25) is 0 Å². The van der Waals surface area contributed by atoms with E-state index in [1.807, 2.05) is 38.1 Å². The lowest BCUT2D eigenvalue weighted by Crippen LogP contribution is -2.26. The maximum Gasteiger partial charge on any atom is 0.316 e. The van der Waals surface area contributed by atoms with Gasteiger partial charge in [-0.25, -0.2) is 0 Å². The van der Waals surface area contributed by atoms with Crippen LogP contribution < -0.4 is 0 Å².